The molecule has 5 heteroatoms. The number of carbonyl (C=O) groups is 1. The summed E-state index contributed by atoms with van der Waals surface area (Å²) < 4.78 is 5.18. The Kier molecular flexibility index (Phi) is 3.88. The highest BCUT2D eigenvalue weighted by Gasteiger charge is 2.43. The fourth-order valence-corrected chi connectivity index (χ4v) is 3.19. The third-order valence-electron chi connectivity index (χ3n) is 2.83. The van der Waals surface area contributed by atoms with Crippen LogP contribution in [-0.4, -0.2) is 18.3 Å². The first-order valence-electron chi connectivity index (χ1n) is 5.63. The molecular formula is C13H14ClNO2S. The van der Waals surface area contributed by atoms with Gasteiger partial charge < -0.3 is 10.5 Å². The topological polar surface area (TPSA) is 52.3 Å². The SMILES string of the molecule is CCOC(=O)C1(c2cccc(Cl)c2)C=C(N)SC1. The number of rotatable bonds is 3. The van der Waals surface area contributed by atoms with Crippen LogP contribution in [0.25, 0.3) is 0 Å². The van der Waals surface area contributed by atoms with E-state index in [1.54, 1.807) is 25.1 Å². The molecule has 0 amide bonds. The van der Waals surface area contributed by atoms with Gasteiger partial charge in [-0.05, 0) is 30.7 Å². The molecule has 3 nitrogen and oxygen atoms in total. The number of esters is 1. The molecule has 0 aromatic heterocycles. The number of hydrogen-bond acceptors (Lipinski definition) is 4. The predicted octanol–water partition coefficient (Wildman–Crippen LogP) is 2.69. The fourth-order valence-electron chi connectivity index (χ4n) is 1.95. The van der Waals surface area contributed by atoms with Crippen LogP contribution in [0.1, 0.15) is 12.5 Å². The molecule has 0 spiro atoms. The molecule has 1 unspecified atom stereocenters. The summed E-state index contributed by atoms with van der Waals surface area (Å²) in [5.41, 5.74) is 5.81. The molecule has 1 aromatic rings. The summed E-state index contributed by atoms with van der Waals surface area (Å²) in [5.74, 6) is 0.276. The number of benzene rings is 1. The molecule has 1 aromatic carbocycles. The van der Waals surface area contributed by atoms with E-state index in [1.807, 2.05) is 12.1 Å². The van der Waals surface area contributed by atoms with Crippen molar-refractivity contribution < 1.29 is 9.53 Å². The highest BCUT2D eigenvalue weighted by molar-refractivity contribution is 8.03. The minimum atomic E-state index is -0.810. The Morgan fingerprint density at radius 1 is 1.61 bits per heavy atom. The monoisotopic (exact) mass is 283 g/mol. The normalized spacial score (nSPS) is 22.7. The molecule has 0 bridgehead atoms. The molecule has 1 atom stereocenters. The standard InChI is InChI=1S/C13H14ClNO2S/c1-2-17-12(16)13(7-11(15)18-8-13)9-4-3-5-10(14)6-9/h3-7H,2,8,15H2,1H3. The van der Waals surface area contributed by atoms with E-state index >= 15 is 0 Å². The number of carbonyl (C=O) groups excluding carboxylic acids is 1. The molecular weight excluding hydrogens is 270 g/mol. The second kappa shape index (κ2) is 5.24. The van der Waals surface area contributed by atoms with Crippen LogP contribution < -0.4 is 5.73 Å². The van der Waals surface area contributed by atoms with Crippen molar-refractivity contribution in [2.75, 3.05) is 12.4 Å². The molecule has 0 radical (unpaired) electrons. The van der Waals surface area contributed by atoms with Crippen molar-refractivity contribution in [3.63, 3.8) is 0 Å². The van der Waals surface area contributed by atoms with Crippen LogP contribution >= 0.6 is 23.4 Å². The zero-order valence-corrected chi connectivity index (χ0v) is 11.6. The van der Waals surface area contributed by atoms with E-state index in [1.165, 1.54) is 11.8 Å². The Hall–Kier alpha value is -1.13. The van der Waals surface area contributed by atoms with Crippen molar-refractivity contribution in [2.45, 2.75) is 12.3 Å². The maximum absolute atomic E-state index is 12.2. The third kappa shape index (κ3) is 2.35. The van der Waals surface area contributed by atoms with E-state index in [0.717, 1.165) is 5.56 Å². The average molecular weight is 284 g/mol. The lowest BCUT2D eigenvalue weighted by Crippen LogP contribution is -2.36. The lowest BCUT2D eigenvalue weighted by molar-refractivity contribution is -0.147. The molecule has 2 N–H and O–H groups in total. The first-order chi connectivity index (χ1) is 8.58. The fraction of sp³-hybridized carbons (Fsp3) is 0.308. The minimum absolute atomic E-state index is 0.278. The summed E-state index contributed by atoms with van der Waals surface area (Å²) in [6, 6.07) is 7.26. The highest BCUT2D eigenvalue weighted by Crippen LogP contribution is 2.40. The highest BCUT2D eigenvalue weighted by atomic mass is 35.5. The van der Waals surface area contributed by atoms with Gasteiger partial charge in [0.2, 0.25) is 0 Å². The Morgan fingerprint density at radius 2 is 2.39 bits per heavy atom. The Bertz CT molecular complexity index is 504. The van der Waals surface area contributed by atoms with E-state index in [2.05, 4.69) is 0 Å². The second-order valence-corrected chi connectivity index (χ2v) is 5.52. The molecule has 2 rings (SSSR count). The van der Waals surface area contributed by atoms with Gasteiger partial charge in [0.25, 0.3) is 0 Å². The van der Waals surface area contributed by atoms with Gasteiger partial charge in [0.15, 0.2) is 0 Å². The molecule has 1 heterocycles. The zero-order chi connectivity index (χ0) is 13.2. The molecule has 0 aliphatic carbocycles. The summed E-state index contributed by atoms with van der Waals surface area (Å²) >= 11 is 7.45. The van der Waals surface area contributed by atoms with Gasteiger partial charge in [-0.2, -0.15) is 0 Å². The van der Waals surface area contributed by atoms with Crippen molar-refractivity contribution in [2.24, 2.45) is 5.73 Å². The van der Waals surface area contributed by atoms with E-state index in [0.29, 0.717) is 22.4 Å². The zero-order valence-electron chi connectivity index (χ0n) is 9.98. The third-order valence-corrected chi connectivity index (χ3v) is 4.12. The van der Waals surface area contributed by atoms with Crippen molar-refractivity contribution in [1.29, 1.82) is 0 Å². The van der Waals surface area contributed by atoms with Crippen LogP contribution in [0, 0.1) is 0 Å². The maximum atomic E-state index is 12.2. The van der Waals surface area contributed by atoms with Gasteiger partial charge in [0, 0.05) is 10.8 Å². The van der Waals surface area contributed by atoms with Crippen LogP contribution in [0.15, 0.2) is 35.4 Å². The van der Waals surface area contributed by atoms with Crippen LogP contribution in [0.3, 0.4) is 0 Å². The number of halogens is 1. The Morgan fingerprint density at radius 3 is 2.94 bits per heavy atom. The molecule has 1 aliphatic heterocycles. The largest absolute Gasteiger partial charge is 0.465 e. The summed E-state index contributed by atoms with van der Waals surface area (Å²) in [6.45, 7) is 2.14. The lowest BCUT2D eigenvalue weighted by atomic mass is 9.82. The Labute approximate surface area is 115 Å². The molecule has 0 fully saturated rings. The maximum Gasteiger partial charge on any atom is 0.321 e. The van der Waals surface area contributed by atoms with Gasteiger partial charge in [-0.15, -0.1) is 11.8 Å². The van der Waals surface area contributed by atoms with Gasteiger partial charge in [-0.25, -0.2) is 0 Å². The molecule has 96 valence electrons. The first kappa shape index (κ1) is 13.3. The van der Waals surface area contributed by atoms with Crippen LogP contribution in [0.4, 0.5) is 0 Å². The van der Waals surface area contributed by atoms with Crippen molar-refractivity contribution in [1.82, 2.24) is 0 Å². The van der Waals surface area contributed by atoms with Gasteiger partial charge in [-0.3, -0.25) is 4.79 Å². The van der Waals surface area contributed by atoms with Crippen LogP contribution in [0.2, 0.25) is 5.02 Å². The van der Waals surface area contributed by atoms with Gasteiger partial charge in [-0.1, -0.05) is 23.7 Å². The Balaban J connectivity index is 2.47. The minimum Gasteiger partial charge on any atom is -0.465 e. The van der Waals surface area contributed by atoms with E-state index < -0.39 is 5.41 Å². The number of hydrogen-bond donors (Lipinski definition) is 1. The number of ether oxygens (including phenoxy) is 1. The van der Waals surface area contributed by atoms with Crippen molar-refractivity contribution >= 4 is 29.3 Å². The molecule has 18 heavy (non-hydrogen) atoms. The summed E-state index contributed by atoms with van der Waals surface area (Å²) in [4.78, 5) is 12.2. The molecule has 1 aliphatic rings. The van der Waals surface area contributed by atoms with Crippen LogP contribution in [-0.2, 0) is 14.9 Å². The van der Waals surface area contributed by atoms with Gasteiger partial charge >= 0.3 is 5.97 Å². The van der Waals surface area contributed by atoms with E-state index in [9.17, 15) is 4.79 Å². The molecule has 0 saturated carbocycles. The second-order valence-electron chi connectivity index (χ2n) is 4.04. The number of nitrogens with two attached hydrogens (primary N) is 1. The quantitative estimate of drug-likeness (QED) is 0.867. The number of thioether (sulfide) groups is 1. The summed E-state index contributed by atoms with van der Waals surface area (Å²) in [7, 11) is 0. The summed E-state index contributed by atoms with van der Waals surface area (Å²) in [6.07, 6.45) is 1.77. The summed E-state index contributed by atoms with van der Waals surface area (Å²) in [5, 5.41) is 1.24. The van der Waals surface area contributed by atoms with Crippen molar-refractivity contribution in [3.05, 3.63) is 46.0 Å². The van der Waals surface area contributed by atoms with E-state index in [-0.39, 0.29) is 5.97 Å². The molecule has 0 saturated heterocycles. The predicted molar refractivity (Wildman–Crippen MR) is 74.5 cm³/mol. The first-order valence-corrected chi connectivity index (χ1v) is 6.99. The average Bonchev–Trinajstić information content (AvgIpc) is 2.73. The smallest absolute Gasteiger partial charge is 0.321 e. The lowest BCUT2D eigenvalue weighted by Gasteiger charge is -2.24. The van der Waals surface area contributed by atoms with Crippen molar-refractivity contribution in [3.8, 4) is 0 Å². The van der Waals surface area contributed by atoms with Crippen LogP contribution in [0.5, 0.6) is 0 Å². The van der Waals surface area contributed by atoms with E-state index in [4.69, 9.17) is 22.1 Å². The van der Waals surface area contributed by atoms with Gasteiger partial charge in [0.05, 0.1) is 11.6 Å². The van der Waals surface area contributed by atoms with Gasteiger partial charge in [0.1, 0.15) is 5.41 Å².